The second-order valence-electron chi connectivity index (χ2n) is 4.46. The first-order chi connectivity index (χ1) is 9.38. The van der Waals surface area contributed by atoms with Gasteiger partial charge in [-0.25, -0.2) is 0 Å². The van der Waals surface area contributed by atoms with Crippen molar-refractivity contribution >= 4 is 17.3 Å². The summed E-state index contributed by atoms with van der Waals surface area (Å²) in [4.78, 5) is 0. The van der Waals surface area contributed by atoms with Crippen LogP contribution in [0.5, 0.6) is 0 Å². The zero-order valence-corrected chi connectivity index (χ0v) is 11.5. The van der Waals surface area contributed by atoms with E-state index in [-0.39, 0.29) is 16.8 Å². The number of alkyl halides is 3. The Morgan fingerprint density at radius 3 is 2.30 bits per heavy atom. The lowest BCUT2D eigenvalue weighted by molar-refractivity contribution is -0.137. The van der Waals surface area contributed by atoms with E-state index in [0.29, 0.717) is 0 Å². The Kier molecular flexibility index (Phi) is 4.23. The van der Waals surface area contributed by atoms with E-state index in [4.69, 9.17) is 11.6 Å². The van der Waals surface area contributed by atoms with Gasteiger partial charge in [0.25, 0.3) is 0 Å². The van der Waals surface area contributed by atoms with Crippen molar-refractivity contribution in [2.24, 2.45) is 0 Å². The van der Waals surface area contributed by atoms with Crippen molar-refractivity contribution in [2.75, 3.05) is 5.32 Å². The van der Waals surface area contributed by atoms with E-state index < -0.39 is 11.7 Å². The van der Waals surface area contributed by atoms with Gasteiger partial charge in [-0.05, 0) is 30.7 Å². The molecule has 0 spiro atoms. The first-order valence-electron chi connectivity index (χ1n) is 6.06. The predicted octanol–water partition coefficient (Wildman–Crippen LogP) is 5.53. The molecule has 0 aliphatic heterocycles. The third-order valence-corrected chi connectivity index (χ3v) is 3.19. The van der Waals surface area contributed by atoms with Gasteiger partial charge >= 0.3 is 6.18 Å². The molecule has 0 amide bonds. The highest BCUT2D eigenvalue weighted by molar-refractivity contribution is 6.30. The summed E-state index contributed by atoms with van der Waals surface area (Å²) in [6, 6.07) is 12.8. The number of rotatable bonds is 3. The maximum absolute atomic E-state index is 13.0. The molecule has 1 unspecified atom stereocenters. The summed E-state index contributed by atoms with van der Waals surface area (Å²) < 4.78 is 38.9. The molecule has 106 valence electrons. The third kappa shape index (κ3) is 3.45. The predicted molar refractivity (Wildman–Crippen MR) is 74.9 cm³/mol. The van der Waals surface area contributed by atoms with Crippen LogP contribution in [-0.4, -0.2) is 0 Å². The lowest BCUT2D eigenvalue weighted by atomic mass is 10.1. The van der Waals surface area contributed by atoms with Crippen LogP contribution in [0.4, 0.5) is 18.9 Å². The molecule has 0 aliphatic carbocycles. The lowest BCUT2D eigenvalue weighted by Gasteiger charge is -2.20. The Balaban J connectivity index is 2.30. The molecule has 5 heteroatoms. The first-order valence-corrected chi connectivity index (χ1v) is 6.44. The van der Waals surface area contributed by atoms with E-state index in [1.807, 2.05) is 37.3 Å². The van der Waals surface area contributed by atoms with Gasteiger partial charge in [-0.1, -0.05) is 41.9 Å². The molecule has 0 radical (unpaired) electrons. The molecule has 0 aromatic heterocycles. The highest BCUT2D eigenvalue weighted by Crippen LogP contribution is 2.37. The smallest absolute Gasteiger partial charge is 0.378 e. The van der Waals surface area contributed by atoms with Crippen LogP contribution in [0.25, 0.3) is 0 Å². The Hall–Kier alpha value is -1.68. The number of nitrogens with one attached hydrogen (secondary N) is 1. The summed E-state index contributed by atoms with van der Waals surface area (Å²) >= 11 is 5.65. The molecule has 0 bridgehead atoms. The summed E-state index contributed by atoms with van der Waals surface area (Å²) in [5.41, 5.74) is 0.182. The van der Waals surface area contributed by atoms with Crippen molar-refractivity contribution in [3.63, 3.8) is 0 Å². The number of anilines is 1. The van der Waals surface area contributed by atoms with Crippen molar-refractivity contribution in [1.82, 2.24) is 0 Å². The van der Waals surface area contributed by atoms with Gasteiger partial charge in [0.15, 0.2) is 0 Å². The molecule has 1 nitrogen and oxygen atoms in total. The molecule has 20 heavy (non-hydrogen) atoms. The number of benzene rings is 2. The van der Waals surface area contributed by atoms with Crippen molar-refractivity contribution in [3.8, 4) is 0 Å². The second-order valence-corrected chi connectivity index (χ2v) is 4.90. The van der Waals surface area contributed by atoms with Crippen LogP contribution in [0.1, 0.15) is 24.1 Å². The van der Waals surface area contributed by atoms with Gasteiger partial charge < -0.3 is 5.32 Å². The van der Waals surface area contributed by atoms with Gasteiger partial charge in [0, 0.05) is 16.8 Å². The number of hydrogen-bond donors (Lipinski definition) is 1. The Morgan fingerprint density at radius 2 is 1.70 bits per heavy atom. The molecule has 2 aromatic rings. The molecular weight excluding hydrogens is 287 g/mol. The average Bonchev–Trinajstić information content (AvgIpc) is 2.40. The Labute approximate surface area is 120 Å². The fourth-order valence-electron chi connectivity index (χ4n) is 1.94. The number of halogens is 4. The second kappa shape index (κ2) is 5.75. The molecule has 1 atom stereocenters. The normalized spacial score (nSPS) is 13.1. The van der Waals surface area contributed by atoms with Crippen LogP contribution in [0, 0.1) is 0 Å². The monoisotopic (exact) mass is 299 g/mol. The minimum absolute atomic E-state index is 0.0262. The highest BCUT2D eigenvalue weighted by Gasteiger charge is 2.34. The molecule has 2 rings (SSSR count). The minimum atomic E-state index is -4.44. The van der Waals surface area contributed by atoms with Crippen molar-refractivity contribution in [2.45, 2.75) is 19.1 Å². The Bertz CT molecular complexity index is 581. The largest absolute Gasteiger partial charge is 0.418 e. The highest BCUT2D eigenvalue weighted by atomic mass is 35.5. The van der Waals surface area contributed by atoms with Gasteiger partial charge in [0.05, 0.1) is 5.56 Å². The van der Waals surface area contributed by atoms with Crippen molar-refractivity contribution in [3.05, 3.63) is 64.7 Å². The summed E-state index contributed by atoms with van der Waals surface area (Å²) in [6.07, 6.45) is -4.44. The molecule has 1 N–H and O–H groups in total. The van der Waals surface area contributed by atoms with E-state index >= 15 is 0 Å². The number of hydrogen-bond acceptors (Lipinski definition) is 1. The van der Waals surface area contributed by atoms with Gasteiger partial charge in [-0.15, -0.1) is 0 Å². The summed E-state index contributed by atoms with van der Waals surface area (Å²) in [6.45, 7) is 1.81. The van der Waals surface area contributed by atoms with Gasteiger partial charge in [0.1, 0.15) is 0 Å². The Morgan fingerprint density at radius 1 is 1.05 bits per heavy atom. The van der Waals surface area contributed by atoms with Gasteiger partial charge in [-0.2, -0.15) is 13.2 Å². The van der Waals surface area contributed by atoms with Crippen LogP contribution in [0.15, 0.2) is 48.5 Å². The van der Waals surface area contributed by atoms with Crippen molar-refractivity contribution < 1.29 is 13.2 Å². The maximum atomic E-state index is 13.0. The molecule has 0 heterocycles. The molecule has 0 saturated carbocycles. The molecule has 2 aromatic carbocycles. The summed E-state index contributed by atoms with van der Waals surface area (Å²) in [5, 5.41) is 2.95. The van der Waals surface area contributed by atoms with Gasteiger partial charge in [-0.3, -0.25) is 0 Å². The molecule has 0 fully saturated rings. The summed E-state index contributed by atoms with van der Waals surface area (Å²) in [7, 11) is 0. The average molecular weight is 300 g/mol. The van der Waals surface area contributed by atoms with Crippen LogP contribution >= 0.6 is 11.6 Å². The quantitative estimate of drug-likeness (QED) is 0.785. The summed E-state index contributed by atoms with van der Waals surface area (Å²) in [5.74, 6) is 0. The van der Waals surface area contributed by atoms with E-state index in [9.17, 15) is 13.2 Å². The van der Waals surface area contributed by atoms with Crippen LogP contribution in [0.2, 0.25) is 5.02 Å². The van der Waals surface area contributed by atoms with Crippen LogP contribution in [0.3, 0.4) is 0 Å². The molecule has 0 saturated heterocycles. The van der Waals surface area contributed by atoms with Crippen LogP contribution < -0.4 is 5.32 Å². The standard InChI is InChI=1S/C15H13ClF3N/c1-10(11-5-3-2-4-6-11)20-14-8-7-12(16)9-13(14)15(17,18)19/h2-10,20H,1H3. The zero-order valence-electron chi connectivity index (χ0n) is 10.7. The molecular formula is C15H13ClF3N. The fraction of sp³-hybridized carbons (Fsp3) is 0.200. The first kappa shape index (κ1) is 14.7. The fourth-order valence-corrected chi connectivity index (χ4v) is 2.11. The third-order valence-electron chi connectivity index (χ3n) is 2.96. The zero-order chi connectivity index (χ0) is 14.8. The van der Waals surface area contributed by atoms with E-state index in [2.05, 4.69) is 5.32 Å². The minimum Gasteiger partial charge on any atom is -0.378 e. The van der Waals surface area contributed by atoms with Crippen molar-refractivity contribution in [1.29, 1.82) is 0 Å². The van der Waals surface area contributed by atoms with E-state index in [1.165, 1.54) is 12.1 Å². The van der Waals surface area contributed by atoms with Gasteiger partial charge in [0.2, 0.25) is 0 Å². The maximum Gasteiger partial charge on any atom is 0.418 e. The lowest BCUT2D eigenvalue weighted by Crippen LogP contribution is -2.13. The SMILES string of the molecule is CC(Nc1ccc(Cl)cc1C(F)(F)F)c1ccccc1. The van der Waals surface area contributed by atoms with Crippen LogP contribution in [-0.2, 0) is 6.18 Å². The van der Waals surface area contributed by atoms with E-state index in [0.717, 1.165) is 11.6 Å². The van der Waals surface area contributed by atoms with E-state index in [1.54, 1.807) is 0 Å². The molecule has 0 aliphatic rings. The topological polar surface area (TPSA) is 12.0 Å².